The normalized spacial score (nSPS) is 11.7. The van der Waals surface area contributed by atoms with Gasteiger partial charge in [0, 0.05) is 47.9 Å². The fraction of sp³-hybridized carbons (Fsp3) is 0.214. The molecule has 1 aromatic heterocycles. The summed E-state index contributed by atoms with van der Waals surface area (Å²) in [5.74, 6) is 0.554. The van der Waals surface area contributed by atoms with Gasteiger partial charge in [0.15, 0.2) is 11.5 Å². The average molecular weight is 286 g/mol. The maximum absolute atomic E-state index is 11.3. The fourth-order valence-corrected chi connectivity index (χ4v) is 2.34. The van der Waals surface area contributed by atoms with E-state index in [1.54, 1.807) is 12.5 Å². The van der Waals surface area contributed by atoms with Crippen LogP contribution in [0.25, 0.3) is 0 Å². The van der Waals surface area contributed by atoms with E-state index < -0.39 is 10.8 Å². The number of benzene rings is 1. The van der Waals surface area contributed by atoms with Crippen LogP contribution in [0.3, 0.4) is 0 Å². The lowest BCUT2D eigenvalue weighted by Gasteiger charge is -2.18. The Hall–Kier alpha value is -2.26. The van der Waals surface area contributed by atoms with E-state index in [1.807, 2.05) is 42.3 Å². The summed E-state index contributed by atoms with van der Waals surface area (Å²) in [6.07, 6.45) is 4.72. The number of hydrogen-bond acceptors (Lipinski definition) is 5. The molecule has 1 aromatic carbocycles. The molecule has 0 fully saturated rings. The summed E-state index contributed by atoms with van der Waals surface area (Å²) in [6, 6.07) is 9.58. The predicted octanol–water partition coefficient (Wildman–Crippen LogP) is 1.72. The molecule has 0 aliphatic rings. The fourth-order valence-electron chi connectivity index (χ4n) is 1.82. The molecule has 102 valence electrons. The van der Waals surface area contributed by atoms with Gasteiger partial charge in [-0.1, -0.05) is 12.1 Å². The molecule has 0 aliphatic heterocycles. The monoisotopic (exact) mass is 286 g/mol. The van der Waals surface area contributed by atoms with Crippen molar-refractivity contribution in [2.24, 2.45) is 0 Å². The van der Waals surface area contributed by atoms with Gasteiger partial charge in [-0.05, 0) is 17.7 Å². The minimum absolute atomic E-state index is 0.307. The Morgan fingerprint density at radius 2 is 1.90 bits per heavy atom. The smallest absolute Gasteiger partial charge is 0.183 e. The molecule has 0 saturated carbocycles. The number of rotatable bonds is 4. The maximum Gasteiger partial charge on any atom is 0.183 e. The second-order valence-electron chi connectivity index (χ2n) is 4.29. The van der Waals surface area contributed by atoms with Crippen LogP contribution in [0.15, 0.2) is 41.6 Å². The van der Waals surface area contributed by atoms with Crippen LogP contribution in [0, 0.1) is 11.3 Å². The second-order valence-corrected chi connectivity index (χ2v) is 5.67. The minimum Gasteiger partial charge on any atom is -0.353 e. The average Bonchev–Trinajstić information content (AvgIpc) is 2.47. The third-order valence-corrected chi connectivity index (χ3v) is 3.76. The summed E-state index contributed by atoms with van der Waals surface area (Å²) < 4.78 is 11.3. The quantitative estimate of drug-likeness (QED) is 0.856. The lowest BCUT2D eigenvalue weighted by molar-refractivity contribution is 0.687. The molecule has 1 atom stereocenters. The van der Waals surface area contributed by atoms with Crippen molar-refractivity contribution < 1.29 is 4.21 Å². The summed E-state index contributed by atoms with van der Waals surface area (Å²) in [6.45, 7) is 0.601. The van der Waals surface area contributed by atoms with E-state index in [9.17, 15) is 4.21 Å². The predicted molar refractivity (Wildman–Crippen MR) is 77.6 cm³/mol. The van der Waals surface area contributed by atoms with Gasteiger partial charge in [-0.2, -0.15) is 5.26 Å². The number of nitriles is 1. The zero-order valence-electron chi connectivity index (χ0n) is 11.3. The van der Waals surface area contributed by atoms with Crippen LogP contribution in [0.5, 0.6) is 0 Å². The van der Waals surface area contributed by atoms with E-state index in [2.05, 4.69) is 9.97 Å². The summed E-state index contributed by atoms with van der Waals surface area (Å²) in [5.41, 5.74) is 1.36. The molecular formula is C14H14N4OS. The molecule has 20 heavy (non-hydrogen) atoms. The van der Waals surface area contributed by atoms with Crippen LogP contribution >= 0.6 is 0 Å². The molecule has 2 aromatic rings. The zero-order valence-corrected chi connectivity index (χ0v) is 12.1. The Kier molecular flexibility index (Phi) is 4.43. The van der Waals surface area contributed by atoms with Crippen molar-refractivity contribution in [1.82, 2.24) is 9.97 Å². The van der Waals surface area contributed by atoms with Crippen LogP contribution in [0.2, 0.25) is 0 Å². The molecule has 0 spiro atoms. The van der Waals surface area contributed by atoms with Crippen LogP contribution in [0.1, 0.15) is 11.3 Å². The van der Waals surface area contributed by atoms with Gasteiger partial charge in [-0.25, -0.2) is 9.97 Å². The Morgan fingerprint density at radius 1 is 1.25 bits per heavy atom. The standard InChI is InChI=1S/C14H14N4OS/c1-18(14-13(9-15)16-7-8-17-14)10-11-3-5-12(6-4-11)20(2)19/h3-8H,10H2,1-2H3/t20-/m0/s1. The molecule has 0 amide bonds. The first-order valence-electron chi connectivity index (χ1n) is 5.96. The van der Waals surface area contributed by atoms with Crippen molar-refractivity contribution in [3.8, 4) is 6.07 Å². The van der Waals surface area contributed by atoms with E-state index in [0.717, 1.165) is 10.5 Å². The molecule has 0 bridgehead atoms. The highest BCUT2D eigenvalue weighted by Crippen LogP contribution is 2.16. The van der Waals surface area contributed by atoms with E-state index in [-0.39, 0.29) is 0 Å². The molecule has 0 saturated heterocycles. The molecule has 2 rings (SSSR count). The van der Waals surface area contributed by atoms with Gasteiger partial charge < -0.3 is 4.90 Å². The van der Waals surface area contributed by atoms with Gasteiger partial charge >= 0.3 is 0 Å². The highest BCUT2D eigenvalue weighted by Gasteiger charge is 2.10. The molecule has 0 unspecified atom stereocenters. The van der Waals surface area contributed by atoms with Gasteiger partial charge in [0.25, 0.3) is 0 Å². The first-order valence-corrected chi connectivity index (χ1v) is 7.52. The Morgan fingerprint density at radius 3 is 2.50 bits per heavy atom. The second kappa shape index (κ2) is 6.26. The summed E-state index contributed by atoms with van der Waals surface area (Å²) >= 11 is 0. The molecule has 5 nitrogen and oxygen atoms in total. The van der Waals surface area contributed by atoms with Crippen LogP contribution in [0.4, 0.5) is 5.82 Å². The highest BCUT2D eigenvalue weighted by atomic mass is 32.2. The lowest BCUT2D eigenvalue weighted by atomic mass is 10.2. The largest absolute Gasteiger partial charge is 0.353 e. The van der Waals surface area contributed by atoms with Gasteiger partial charge in [0.2, 0.25) is 0 Å². The maximum atomic E-state index is 11.3. The molecule has 0 aliphatic carbocycles. The lowest BCUT2D eigenvalue weighted by Crippen LogP contribution is -2.19. The van der Waals surface area contributed by atoms with E-state index in [0.29, 0.717) is 18.1 Å². The van der Waals surface area contributed by atoms with Crippen LogP contribution in [-0.2, 0) is 17.3 Å². The van der Waals surface area contributed by atoms with Crippen molar-refractivity contribution in [1.29, 1.82) is 5.26 Å². The van der Waals surface area contributed by atoms with Crippen molar-refractivity contribution in [2.75, 3.05) is 18.2 Å². The van der Waals surface area contributed by atoms with Crippen LogP contribution < -0.4 is 4.90 Å². The van der Waals surface area contributed by atoms with Crippen molar-refractivity contribution in [3.63, 3.8) is 0 Å². The van der Waals surface area contributed by atoms with Crippen molar-refractivity contribution in [3.05, 3.63) is 47.9 Å². The molecule has 1 heterocycles. The van der Waals surface area contributed by atoms with Gasteiger partial charge in [0.05, 0.1) is 0 Å². The number of aromatic nitrogens is 2. The number of hydrogen-bond donors (Lipinski definition) is 0. The Labute approximate surface area is 120 Å². The summed E-state index contributed by atoms with van der Waals surface area (Å²) in [7, 11) is 0.888. The van der Waals surface area contributed by atoms with E-state index in [4.69, 9.17) is 5.26 Å². The summed E-state index contributed by atoms with van der Waals surface area (Å²) in [5, 5.41) is 9.02. The SMILES string of the molecule is CN(Cc1ccc([S@](C)=O)cc1)c1nccnc1C#N. The van der Waals surface area contributed by atoms with Crippen molar-refractivity contribution >= 4 is 16.6 Å². The van der Waals surface area contributed by atoms with E-state index in [1.165, 1.54) is 6.20 Å². The number of anilines is 1. The van der Waals surface area contributed by atoms with Gasteiger partial charge in [0.1, 0.15) is 6.07 Å². The minimum atomic E-state index is -0.970. The zero-order chi connectivity index (χ0) is 14.5. The molecular weight excluding hydrogens is 272 g/mol. The van der Waals surface area contributed by atoms with Crippen LogP contribution in [-0.4, -0.2) is 27.5 Å². The number of nitrogens with zero attached hydrogens (tertiary/aromatic N) is 4. The van der Waals surface area contributed by atoms with Gasteiger partial charge in [-0.15, -0.1) is 0 Å². The molecule has 0 N–H and O–H groups in total. The highest BCUT2D eigenvalue weighted by molar-refractivity contribution is 7.84. The summed E-state index contributed by atoms with van der Waals surface area (Å²) in [4.78, 5) is 10.8. The topological polar surface area (TPSA) is 69.9 Å². The van der Waals surface area contributed by atoms with Gasteiger partial charge in [-0.3, -0.25) is 4.21 Å². The Bertz CT molecular complexity index is 664. The third kappa shape index (κ3) is 3.19. The first kappa shape index (κ1) is 14.2. The molecule has 0 radical (unpaired) electrons. The first-order chi connectivity index (χ1) is 9.61. The van der Waals surface area contributed by atoms with Crippen molar-refractivity contribution in [2.45, 2.75) is 11.4 Å². The van der Waals surface area contributed by atoms with E-state index >= 15 is 0 Å². The third-order valence-electron chi connectivity index (χ3n) is 2.82. The molecule has 6 heteroatoms. The Balaban J connectivity index is 2.17.